The van der Waals surface area contributed by atoms with Gasteiger partial charge in [-0.2, -0.15) is 4.98 Å². The first kappa shape index (κ1) is 12.6. The summed E-state index contributed by atoms with van der Waals surface area (Å²) in [6, 6.07) is 7.46. The Balaban J connectivity index is 1.66. The summed E-state index contributed by atoms with van der Waals surface area (Å²) in [5, 5.41) is 7.32. The lowest BCUT2D eigenvalue weighted by Crippen LogP contribution is -2.24. The zero-order valence-electron chi connectivity index (χ0n) is 10.5. The molecule has 2 aromatic heterocycles. The summed E-state index contributed by atoms with van der Waals surface area (Å²) < 4.78 is 5.90. The Kier molecular flexibility index (Phi) is 3.34. The maximum Gasteiger partial charge on any atom is 0.261 e. The van der Waals surface area contributed by atoms with Crippen LogP contribution in [0.2, 0.25) is 0 Å². The molecule has 1 amide bonds. The summed E-state index contributed by atoms with van der Waals surface area (Å²) in [4.78, 5) is 16.6. The van der Waals surface area contributed by atoms with Gasteiger partial charge >= 0.3 is 0 Å². The molecule has 3 aromatic rings. The second-order valence-corrected chi connectivity index (χ2v) is 5.33. The van der Waals surface area contributed by atoms with Gasteiger partial charge in [-0.1, -0.05) is 5.16 Å². The quantitative estimate of drug-likeness (QED) is 0.714. The maximum atomic E-state index is 12.0. The molecule has 0 aliphatic carbocycles. The largest absolute Gasteiger partial charge is 0.399 e. The van der Waals surface area contributed by atoms with Crippen molar-refractivity contribution in [2.75, 3.05) is 12.3 Å². The van der Waals surface area contributed by atoms with Gasteiger partial charge in [-0.15, -0.1) is 11.3 Å². The second-order valence-electron chi connectivity index (χ2n) is 4.25. The van der Waals surface area contributed by atoms with Crippen molar-refractivity contribution in [3.63, 3.8) is 0 Å². The molecule has 6 nitrogen and oxygen atoms in total. The molecule has 7 heteroatoms. The Labute approximate surface area is 118 Å². The van der Waals surface area contributed by atoms with Crippen LogP contribution in [0.4, 0.5) is 5.69 Å². The number of carbonyl (C=O) groups is 1. The van der Waals surface area contributed by atoms with E-state index < -0.39 is 0 Å². The number of thiophene rings is 1. The molecule has 2 heterocycles. The number of fused-ring (bicyclic) bond motifs is 1. The number of benzene rings is 1. The molecule has 0 saturated heterocycles. The molecule has 0 bridgehead atoms. The van der Waals surface area contributed by atoms with Crippen molar-refractivity contribution in [3.05, 3.63) is 41.4 Å². The van der Waals surface area contributed by atoms with Crippen LogP contribution in [0.5, 0.6) is 0 Å². The predicted octanol–water partition coefficient (Wildman–Crippen LogP) is 1.84. The fourth-order valence-corrected chi connectivity index (χ4v) is 2.81. The molecule has 3 N–H and O–H groups in total. The van der Waals surface area contributed by atoms with Crippen molar-refractivity contribution in [2.45, 2.75) is 6.42 Å². The number of amides is 1. The lowest BCUT2D eigenvalue weighted by molar-refractivity contribution is 0.0957. The fourth-order valence-electron chi connectivity index (χ4n) is 1.85. The van der Waals surface area contributed by atoms with Crippen LogP contribution >= 0.6 is 11.3 Å². The summed E-state index contributed by atoms with van der Waals surface area (Å²) >= 11 is 1.44. The van der Waals surface area contributed by atoms with Gasteiger partial charge in [0.2, 0.25) is 5.89 Å². The smallest absolute Gasteiger partial charge is 0.261 e. The molecule has 0 spiro atoms. The number of nitrogens with one attached hydrogen (secondary N) is 1. The third-order valence-corrected chi connectivity index (χ3v) is 3.91. The van der Waals surface area contributed by atoms with Crippen LogP contribution in [-0.2, 0) is 6.42 Å². The Morgan fingerprint density at radius 3 is 3.10 bits per heavy atom. The van der Waals surface area contributed by atoms with Crippen LogP contribution in [0.25, 0.3) is 10.1 Å². The third kappa shape index (κ3) is 2.62. The Hall–Kier alpha value is -2.41. The van der Waals surface area contributed by atoms with E-state index in [1.54, 1.807) is 0 Å². The van der Waals surface area contributed by atoms with Crippen molar-refractivity contribution in [1.82, 2.24) is 15.5 Å². The molecule has 0 unspecified atom stereocenters. The zero-order valence-corrected chi connectivity index (χ0v) is 11.3. The average molecular weight is 288 g/mol. The van der Waals surface area contributed by atoms with Crippen molar-refractivity contribution in [3.8, 4) is 0 Å². The van der Waals surface area contributed by atoms with Gasteiger partial charge < -0.3 is 15.6 Å². The lowest BCUT2D eigenvalue weighted by atomic mass is 10.2. The minimum atomic E-state index is -0.107. The number of hydrogen-bond donors (Lipinski definition) is 2. The van der Waals surface area contributed by atoms with Gasteiger partial charge in [0.1, 0.15) is 0 Å². The van der Waals surface area contributed by atoms with Crippen LogP contribution in [-0.4, -0.2) is 22.6 Å². The second kappa shape index (κ2) is 5.30. The molecular formula is C13H12N4O2S. The number of aromatic nitrogens is 2. The molecule has 0 aliphatic rings. The summed E-state index contributed by atoms with van der Waals surface area (Å²) in [6.07, 6.45) is 1.86. The molecule has 20 heavy (non-hydrogen) atoms. The molecule has 102 valence electrons. The molecule has 0 radical (unpaired) electrons. The number of rotatable bonds is 4. The molecule has 1 aromatic carbocycles. The van der Waals surface area contributed by atoms with E-state index in [4.69, 9.17) is 10.3 Å². The van der Waals surface area contributed by atoms with Gasteiger partial charge in [0.05, 0.1) is 4.88 Å². The number of nitrogens with zero attached hydrogens (tertiary/aromatic N) is 2. The zero-order chi connectivity index (χ0) is 13.9. The van der Waals surface area contributed by atoms with Gasteiger partial charge in [-0.25, -0.2) is 0 Å². The van der Waals surface area contributed by atoms with Crippen LogP contribution in [0.3, 0.4) is 0 Å². The summed E-state index contributed by atoms with van der Waals surface area (Å²) in [7, 11) is 0. The van der Waals surface area contributed by atoms with E-state index in [0.717, 1.165) is 10.1 Å². The molecule has 3 rings (SSSR count). The van der Waals surface area contributed by atoms with Crippen molar-refractivity contribution in [2.24, 2.45) is 0 Å². The highest BCUT2D eigenvalue weighted by Crippen LogP contribution is 2.27. The van der Waals surface area contributed by atoms with Crippen molar-refractivity contribution < 1.29 is 9.32 Å². The molecule has 0 atom stereocenters. The molecular weight excluding hydrogens is 276 g/mol. The number of carbonyl (C=O) groups excluding carboxylic acids is 1. The highest BCUT2D eigenvalue weighted by molar-refractivity contribution is 7.20. The summed E-state index contributed by atoms with van der Waals surface area (Å²) in [5.74, 6) is 0.402. The lowest BCUT2D eigenvalue weighted by Gasteiger charge is -2.00. The first-order valence-electron chi connectivity index (χ1n) is 6.05. The number of hydrogen-bond acceptors (Lipinski definition) is 6. The Morgan fingerprint density at radius 1 is 1.40 bits per heavy atom. The maximum absolute atomic E-state index is 12.0. The topological polar surface area (TPSA) is 94.0 Å². The summed E-state index contributed by atoms with van der Waals surface area (Å²) in [5.41, 5.74) is 6.42. The van der Waals surface area contributed by atoms with E-state index in [0.29, 0.717) is 29.4 Å². The van der Waals surface area contributed by atoms with Crippen molar-refractivity contribution >= 4 is 33.0 Å². The van der Waals surface area contributed by atoms with Crippen LogP contribution < -0.4 is 11.1 Å². The monoisotopic (exact) mass is 288 g/mol. The molecule has 0 fully saturated rings. The van der Waals surface area contributed by atoms with Gasteiger partial charge in [0.15, 0.2) is 6.33 Å². The highest BCUT2D eigenvalue weighted by atomic mass is 32.1. The molecule has 0 saturated carbocycles. The average Bonchev–Trinajstić information content (AvgIpc) is 3.06. The van der Waals surface area contributed by atoms with E-state index in [1.165, 1.54) is 17.7 Å². The van der Waals surface area contributed by atoms with Crippen LogP contribution in [0, 0.1) is 0 Å². The van der Waals surface area contributed by atoms with E-state index >= 15 is 0 Å². The van der Waals surface area contributed by atoms with E-state index in [-0.39, 0.29) is 5.91 Å². The van der Waals surface area contributed by atoms with Gasteiger partial charge in [-0.05, 0) is 29.7 Å². The number of nitrogen functional groups attached to an aromatic ring is 1. The minimum absolute atomic E-state index is 0.107. The number of nitrogens with two attached hydrogens (primary N) is 1. The van der Waals surface area contributed by atoms with Gasteiger partial charge in [0.25, 0.3) is 5.91 Å². The minimum Gasteiger partial charge on any atom is -0.399 e. The first-order valence-corrected chi connectivity index (χ1v) is 6.87. The fraction of sp³-hybridized carbons (Fsp3) is 0.154. The normalized spacial score (nSPS) is 10.8. The standard InChI is InChI=1S/C13H12N4O2S/c14-9-1-2-10-8(5-9)6-11(20-10)13(18)15-4-3-12-16-7-17-19-12/h1-2,5-7H,3-4,14H2,(H,15,18). The van der Waals surface area contributed by atoms with Crippen LogP contribution in [0.15, 0.2) is 35.1 Å². The SMILES string of the molecule is Nc1ccc2sc(C(=O)NCCc3ncno3)cc2c1. The third-order valence-electron chi connectivity index (χ3n) is 2.80. The van der Waals surface area contributed by atoms with Crippen LogP contribution in [0.1, 0.15) is 15.6 Å². The Bertz CT molecular complexity index is 736. The van der Waals surface area contributed by atoms with Crippen molar-refractivity contribution in [1.29, 1.82) is 0 Å². The molecule has 0 aliphatic heterocycles. The highest BCUT2D eigenvalue weighted by Gasteiger charge is 2.10. The van der Waals surface area contributed by atoms with E-state index in [2.05, 4.69) is 15.5 Å². The van der Waals surface area contributed by atoms with Gasteiger partial charge in [-0.3, -0.25) is 4.79 Å². The van der Waals surface area contributed by atoms with E-state index in [1.807, 2.05) is 24.3 Å². The Morgan fingerprint density at radius 2 is 2.30 bits per heavy atom. The van der Waals surface area contributed by atoms with E-state index in [9.17, 15) is 4.79 Å². The summed E-state index contributed by atoms with van der Waals surface area (Å²) in [6.45, 7) is 0.456. The predicted molar refractivity (Wildman–Crippen MR) is 76.6 cm³/mol. The first-order chi connectivity index (χ1) is 9.72. The number of anilines is 1. The van der Waals surface area contributed by atoms with Gasteiger partial charge in [0, 0.05) is 23.4 Å².